The zero-order valence-corrected chi connectivity index (χ0v) is 12.3. The first-order chi connectivity index (χ1) is 8.63. The van der Waals surface area contributed by atoms with Gasteiger partial charge in [0.25, 0.3) is 0 Å². The lowest BCUT2D eigenvalue weighted by molar-refractivity contribution is 0.661. The Kier molecular flexibility index (Phi) is 4.08. The van der Waals surface area contributed by atoms with E-state index in [1.807, 2.05) is 0 Å². The van der Waals surface area contributed by atoms with E-state index in [-0.39, 0.29) is 0 Å². The van der Waals surface area contributed by atoms with Crippen molar-refractivity contribution in [1.29, 1.82) is 0 Å². The molecule has 0 radical (unpaired) electrons. The molecule has 0 aliphatic carbocycles. The third-order valence-corrected chi connectivity index (χ3v) is 3.19. The van der Waals surface area contributed by atoms with E-state index in [0.29, 0.717) is 6.54 Å². The number of rotatable bonds is 4. The molecule has 2 aromatic rings. The highest BCUT2D eigenvalue weighted by atomic mass is 79.9. The van der Waals surface area contributed by atoms with Crippen molar-refractivity contribution in [3.8, 4) is 5.69 Å². The summed E-state index contributed by atoms with van der Waals surface area (Å²) < 4.78 is 2.88. The first-order valence-electron chi connectivity index (χ1n) is 5.88. The molecule has 0 bridgehead atoms. The van der Waals surface area contributed by atoms with Gasteiger partial charge in [-0.25, -0.2) is 0 Å². The normalized spacial score (nSPS) is 10.9. The van der Waals surface area contributed by atoms with E-state index >= 15 is 0 Å². The van der Waals surface area contributed by atoms with Gasteiger partial charge in [0.05, 0.1) is 12.2 Å². The summed E-state index contributed by atoms with van der Waals surface area (Å²) in [5.74, 6) is 0.824. The minimum absolute atomic E-state index is 0.665. The lowest BCUT2D eigenvalue weighted by atomic mass is 10.1. The Morgan fingerprint density at radius 2 is 1.94 bits per heavy atom. The highest BCUT2D eigenvalue weighted by molar-refractivity contribution is 9.10. The molecular weight excluding hydrogens is 294 g/mol. The number of nitrogens with zero attached hydrogens (tertiary/aromatic N) is 4. The van der Waals surface area contributed by atoms with Crippen molar-refractivity contribution in [2.45, 2.75) is 27.3 Å². The van der Waals surface area contributed by atoms with Crippen molar-refractivity contribution in [2.24, 2.45) is 0 Å². The lowest BCUT2D eigenvalue weighted by Crippen LogP contribution is -2.17. The molecule has 1 N–H and O–H groups in total. The Morgan fingerprint density at radius 3 is 2.56 bits per heavy atom. The van der Waals surface area contributed by atoms with Crippen molar-refractivity contribution in [1.82, 2.24) is 25.5 Å². The first kappa shape index (κ1) is 13.2. The average molecular weight is 310 g/mol. The van der Waals surface area contributed by atoms with Crippen molar-refractivity contribution < 1.29 is 0 Å². The van der Waals surface area contributed by atoms with E-state index in [1.165, 1.54) is 0 Å². The summed E-state index contributed by atoms with van der Waals surface area (Å²) in [6.07, 6.45) is 0. The quantitative estimate of drug-likeness (QED) is 0.940. The predicted molar refractivity (Wildman–Crippen MR) is 73.7 cm³/mol. The second kappa shape index (κ2) is 5.58. The summed E-state index contributed by atoms with van der Waals surface area (Å²) in [7, 11) is 0. The summed E-state index contributed by atoms with van der Waals surface area (Å²) >= 11 is 3.50. The van der Waals surface area contributed by atoms with Gasteiger partial charge >= 0.3 is 0 Å². The summed E-state index contributed by atoms with van der Waals surface area (Å²) in [6.45, 7) is 7.74. The lowest BCUT2D eigenvalue weighted by Gasteiger charge is -2.11. The zero-order valence-electron chi connectivity index (χ0n) is 10.7. The van der Waals surface area contributed by atoms with Crippen LogP contribution in [0.5, 0.6) is 0 Å². The Hall–Kier alpha value is -1.27. The van der Waals surface area contributed by atoms with E-state index in [1.54, 1.807) is 4.68 Å². The first-order valence-corrected chi connectivity index (χ1v) is 6.68. The molecule has 96 valence electrons. The number of nitrogens with one attached hydrogen (secondary N) is 1. The molecule has 0 unspecified atom stereocenters. The van der Waals surface area contributed by atoms with Crippen LogP contribution in [-0.2, 0) is 6.54 Å². The number of aromatic nitrogens is 4. The molecule has 6 heteroatoms. The van der Waals surface area contributed by atoms with E-state index in [0.717, 1.165) is 33.7 Å². The molecule has 1 aromatic carbocycles. The second-order valence-corrected chi connectivity index (χ2v) is 5.09. The van der Waals surface area contributed by atoms with Crippen LogP contribution < -0.4 is 5.32 Å². The highest BCUT2D eigenvalue weighted by Gasteiger charge is 2.13. The van der Waals surface area contributed by atoms with Crippen LogP contribution in [0, 0.1) is 13.8 Å². The monoisotopic (exact) mass is 309 g/mol. The minimum atomic E-state index is 0.665. The standard InChI is InChI=1S/C12H16BrN5/c1-4-14-7-11-15-16-17-18(11)12-8(2)5-10(13)6-9(12)3/h5-6,14H,4,7H2,1-3H3. The molecule has 0 atom stereocenters. The number of aryl methyl sites for hydroxylation is 2. The Bertz CT molecular complexity index is 526. The molecule has 1 aromatic heterocycles. The van der Waals surface area contributed by atoms with Crippen LogP contribution in [0.4, 0.5) is 0 Å². The fourth-order valence-corrected chi connectivity index (χ4v) is 2.65. The third-order valence-electron chi connectivity index (χ3n) is 2.73. The van der Waals surface area contributed by atoms with Gasteiger partial charge in [0.2, 0.25) is 0 Å². The van der Waals surface area contributed by atoms with Gasteiger partial charge < -0.3 is 5.32 Å². The Morgan fingerprint density at radius 1 is 1.28 bits per heavy atom. The van der Waals surface area contributed by atoms with Gasteiger partial charge in [-0.2, -0.15) is 4.68 Å². The maximum Gasteiger partial charge on any atom is 0.170 e. The van der Waals surface area contributed by atoms with Crippen molar-refractivity contribution in [3.63, 3.8) is 0 Å². The molecular formula is C12H16BrN5. The number of benzene rings is 1. The van der Waals surface area contributed by atoms with Gasteiger partial charge in [-0.05, 0) is 54.1 Å². The average Bonchev–Trinajstić information content (AvgIpc) is 2.73. The molecule has 0 aliphatic rings. The summed E-state index contributed by atoms with van der Waals surface area (Å²) in [6, 6.07) is 4.14. The van der Waals surface area contributed by atoms with Crippen LogP contribution in [0.15, 0.2) is 16.6 Å². The zero-order chi connectivity index (χ0) is 13.1. The Balaban J connectivity index is 2.46. The smallest absolute Gasteiger partial charge is 0.170 e. The fraction of sp³-hybridized carbons (Fsp3) is 0.417. The molecule has 0 amide bonds. The van der Waals surface area contributed by atoms with Crippen LogP contribution in [0.3, 0.4) is 0 Å². The molecule has 0 aliphatic heterocycles. The molecule has 0 spiro atoms. The van der Waals surface area contributed by atoms with Gasteiger partial charge in [0.1, 0.15) is 0 Å². The molecule has 1 heterocycles. The minimum Gasteiger partial charge on any atom is -0.310 e. The molecule has 5 nitrogen and oxygen atoms in total. The highest BCUT2D eigenvalue weighted by Crippen LogP contribution is 2.23. The summed E-state index contributed by atoms with van der Waals surface area (Å²) in [5.41, 5.74) is 3.34. The fourth-order valence-electron chi connectivity index (χ4n) is 1.96. The van der Waals surface area contributed by atoms with Crippen molar-refractivity contribution >= 4 is 15.9 Å². The Labute approximate surface area is 115 Å². The van der Waals surface area contributed by atoms with Gasteiger partial charge in [-0.1, -0.05) is 22.9 Å². The molecule has 0 saturated heterocycles. The van der Waals surface area contributed by atoms with E-state index in [4.69, 9.17) is 0 Å². The van der Waals surface area contributed by atoms with Gasteiger partial charge in [0.15, 0.2) is 5.82 Å². The largest absolute Gasteiger partial charge is 0.310 e. The molecule has 0 saturated carbocycles. The SMILES string of the molecule is CCNCc1nnnn1-c1c(C)cc(Br)cc1C. The molecule has 0 fully saturated rings. The predicted octanol–water partition coefficient (Wildman–Crippen LogP) is 2.15. The van der Waals surface area contributed by atoms with E-state index < -0.39 is 0 Å². The maximum absolute atomic E-state index is 4.09. The molecule has 2 rings (SSSR count). The van der Waals surface area contributed by atoms with Crippen molar-refractivity contribution in [2.75, 3.05) is 6.54 Å². The van der Waals surface area contributed by atoms with Crippen LogP contribution in [0.2, 0.25) is 0 Å². The topological polar surface area (TPSA) is 55.6 Å². The van der Waals surface area contributed by atoms with Crippen LogP contribution in [0.1, 0.15) is 23.9 Å². The number of hydrogen-bond acceptors (Lipinski definition) is 4. The van der Waals surface area contributed by atoms with Gasteiger partial charge in [-0.3, -0.25) is 0 Å². The van der Waals surface area contributed by atoms with Gasteiger partial charge in [-0.15, -0.1) is 5.10 Å². The van der Waals surface area contributed by atoms with Crippen LogP contribution in [-0.4, -0.2) is 26.8 Å². The summed E-state index contributed by atoms with van der Waals surface area (Å²) in [5, 5.41) is 15.2. The number of halogens is 1. The van der Waals surface area contributed by atoms with Crippen LogP contribution in [0.25, 0.3) is 5.69 Å². The third kappa shape index (κ3) is 2.59. The van der Waals surface area contributed by atoms with Crippen LogP contribution >= 0.6 is 15.9 Å². The number of tetrazole rings is 1. The van der Waals surface area contributed by atoms with Crippen molar-refractivity contribution in [3.05, 3.63) is 33.6 Å². The van der Waals surface area contributed by atoms with E-state index in [2.05, 4.69) is 69.7 Å². The van der Waals surface area contributed by atoms with E-state index in [9.17, 15) is 0 Å². The number of hydrogen-bond donors (Lipinski definition) is 1. The molecule has 18 heavy (non-hydrogen) atoms. The summed E-state index contributed by atoms with van der Waals surface area (Å²) in [4.78, 5) is 0. The second-order valence-electron chi connectivity index (χ2n) is 4.18. The maximum atomic E-state index is 4.09. The van der Waals surface area contributed by atoms with Gasteiger partial charge in [0, 0.05) is 4.47 Å².